The van der Waals surface area contributed by atoms with Crippen LogP contribution in [0.4, 0.5) is 0 Å². The maximum absolute atomic E-state index is 5.45. The molecule has 1 aliphatic rings. The van der Waals surface area contributed by atoms with Crippen molar-refractivity contribution >= 4 is 51.3 Å². The van der Waals surface area contributed by atoms with Crippen molar-refractivity contribution in [3.63, 3.8) is 0 Å². The third-order valence-electron chi connectivity index (χ3n) is 11.2. The number of aliphatic imine (C=N–C) groups is 2. The number of aryl methyl sites for hydroxylation is 1. The minimum atomic E-state index is -0.455. The van der Waals surface area contributed by atoms with Crippen molar-refractivity contribution in [2.45, 2.75) is 25.6 Å². The van der Waals surface area contributed by atoms with Gasteiger partial charge in [-0.2, -0.15) is 0 Å². The van der Waals surface area contributed by atoms with Crippen molar-refractivity contribution in [2.24, 2.45) is 9.98 Å². The number of fused-ring (bicyclic) bond motifs is 6. The van der Waals surface area contributed by atoms with E-state index in [1.54, 1.807) is 0 Å². The molecule has 5 heteroatoms. The number of rotatable bonds is 9. The summed E-state index contributed by atoms with van der Waals surface area (Å²) in [6.07, 6.45) is 6.17. The quantitative estimate of drug-likeness (QED) is 0.116. The molecule has 5 nitrogen and oxygen atoms in total. The van der Waals surface area contributed by atoms with Crippen LogP contribution >= 0.6 is 0 Å². The predicted octanol–water partition coefficient (Wildman–Crippen LogP) is 12.3. The van der Waals surface area contributed by atoms with E-state index in [4.69, 9.17) is 9.98 Å². The van der Waals surface area contributed by atoms with Crippen LogP contribution in [0.3, 0.4) is 0 Å². The zero-order valence-electron chi connectivity index (χ0n) is 31.6. The molecule has 9 aromatic rings. The molecule has 57 heavy (non-hydrogen) atoms. The summed E-state index contributed by atoms with van der Waals surface area (Å²) in [7, 11) is 0. The number of hydrogen-bond donors (Lipinski definition) is 1. The Bertz CT molecular complexity index is 2950. The van der Waals surface area contributed by atoms with Crippen LogP contribution in [-0.2, 0) is 13.0 Å². The summed E-state index contributed by atoms with van der Waals surface area (Å²) in [5, 5.41) is 7.49. The van der Waals surface area contributed by atoms with Crippen LogP contribution in [0.25, 0.3) is 61.3 Å². The van der Waals surface area contributed by atoms with E-state index in [-0.39, 0.29) is 0 Å². The molecule has 2 aromatic heterocycles. The van der Waals surface area contributed by atoms with Crippen molar-refractivity contribution in [1.29, 1.82) is 0 Å². The standard InChI is InChI=1S/C52H41N5/c1-53-51(39-31-29-38(30-32-39)37-19-7-3-8-20-37)55-52(54-35-36-17-5-2-6-18-36)45-34-33-44-43-25-13-14-26-46(43)56(40-21-9-4-10-22-40)49(44)50(45)57-47-27-15-11-23-41(47)42-24-12-16-28-48(42)57/h2-11,13-23,25-34,51H,1,12,24,35H2,(H,54,55). The third-order valence-corrected chi connectivity index (χ3v) is 11.2. The van der Waals surface area contributed by atoms with E-state index < -0.39 is 6.17 Å². The van der Waals surface area contributed by atoms with Gasteiger partial charge in [-0.3, -0.25) is 9.98 Å². The number of allylic oxidation sites excluding steroid dienone is 1. The highest BCUT2D eigenvalue weighted by molar-refractivity contribution is 6.17. The molecule has 7 aromatic carbocycles. The number of hydrogen-bond acceptors (Lipinski definition) is 2. The average molecular weight is 736 g/mol. The lowest BCUT2D eigenvalue weighted by Crippen LogP contribution is -2.30. The minimum absolute atomic E-state index is 0.455. The van der Waals surface area contributed by atoms with Crippen molar-refractivity contribution in [2.75, 3.05) is 0 Å². The molecule has 0 aliphatic heterocycles. The number of nitrogens with zero attached hydrogens (tertiary/aromatic N) is 4. The Kier molecular flexibility index (Phi) is 8.88. The normalized spacial score (nSPS) is 13.2. The van der Waals surface area contributed by atoms with Gasteiger partial charge in [0.2, 0.25) is 0 Å². The van der Waals surface area contributed by atoms with Gasteiger partial charge in [-0.1, -0.05) is 152 Å². The van der Waals surface area contributed by atoms with Gasteiger partial charge in [0.15, 0.2) is 0 Å². The first-order chi connectivity index (χ1) is 28.3. The van der Waals surface area contributed by atoms with Gasteiger partial charge in [0.05, 0.1) is 28.8 Å². The molecule has 0 bridgehead atoms. The van der Waals surface area contributed by atoms with Crippen molar-refractivity contribution in [3.05, 3.63) is 210 Å². The van der Waals surface area contributed by atoms with Crippen LogP contribution in [0, 0.1) is 0 Å². The highest BCUT2D eigenvalue weighted by Crippen LogP contribution is 2.42. The fourth-order valence-electron chi connectivity index (χ4n) is 8.55. The van der Waals surface area contributed by atoms with Gasteiger partial charge in [-0.15, -0.1) is 0 Å². The topological polar surface area (TPSA) is 46.6 Å². The van der Waals surface area contributed by atoms with Crippen LogP contribution in [-0.4, -0.2) is 21.7 Å². The number of aromatic nitrogens is 2. The zero-order chi connectivity index (χ0) is 38.1. The monoisotopic (exact) mass is 735 g/mol. The Morgan fingerprint density at radius 2 is 1.25 bits per heavy atom. The second-order valence-corrected chi connectivity index (χ2v) is 14.6. The van der Waals surface area contributed by atoms with Crippen molar-refractivity contribution in [1.82, 2.24) is 14.5 Å². The first-order valence-electron chi connectivity index (χ1n) is 19.6. The highest BCUT2D eigenvalue weighted by Gasteiger charge is 2.27. The lowest BCUT2D eigenvalue weighted by atomic mass is 10.0. The van der Waals surface area contributed by atoms with E-state index in [2.05, 4.69) is 197 Å². The van der Waals surface area contributed by atoms with Crippen LogP contribution in [0.5, 0.6) is 0 Å². The third kappa shape index (κ3) is 6.14. The lowest BCUT2D eigenvalue weighted by molar-refractivity contribution is 0.686. The van der Waals surface area contributed by atoms with Crippen LogP contribution in [0.15, 0.2) is 192 Å². The predicted molar refractivity (Wildman–Crippen MR) is 239 cm³/mol. The Hall–Kier alpha value is -7.24. The second-order valence-electron chi connectivity index (χ2n) is 14.6. The van der Waals surface area contributed by atoms with Gasteiger partial charge in [-0.25, -0.2) is 0 Å². The SMILES string of the molecule is C=NC(NC(=NCc1ccccc1)c1ccc2c3ccccc3n(-c3ccccc3)c2c1-n1c2c(c3ccccc31)CCC=C2)c1ccc(-c2ccccc2)cc1. The summed E-state index contributed by atoms with van der Waals surface area (Å²) in [5.74, 6) is 0.747. The number of amidine groups is 1. The molecule has 1 atom stereocenters. The molecular formula is C52H41N5. The Labute approximate surface area is 332 Å². The highest BCUT2D eigenvalue weighted by atomic mass is 15.1. The van der Waals surface area contributed by atoms with E-state index >= 15 is 0 Å². The second kappa shape index (κ2) is 14.8. The molecule has 0 saturated heterocycles. The molecule has 0 saturated carbocycles. The first-order valence-corrected chi connectivity index (χ1v) is 19.6. The molecule has 0 fully saturated rings. The maximum atomic E-state index is 5.45. The fraction of sp³-hybridized carbons (Fsp3) is 0.0769. The van der Waals surface area contributed by atoms with Gasteiger partial charge in [0.1, 0.15) is 12.0 Å². The summed E-state index contributed by atoms with van der Waals surface area (Å²) in [4.78, 5) is 10.1. The Balaban J connectivity index is 1.25. The van der Waals surface area contributed by atoms with Crippen molar-refractivity contribution < 1.29 is 0 Å². The van der Waals surface area contributed by atoms with Crippen LogP contribution < -0.4 is 5.32 Å². The van der Waals surface area contributed by atoms with E-state index in [0.717, 1.165) is 63.3 Å². The van der Waals surface area contributed by atoms with E-state index in [9.17, 15) is 0 Å². The van der Waals surface area contributed by atoms with Crippen LogP contribution in [0.2, 0.25) is 0 Å². The molecular weight excluding hydrogens is 695 g/mol. The van der Waals surface area contributed by atoms with Gasteiger partial charge in [0, 0.05) is 33.1 Å². The summed E-state index contributed by atoms with van der Waals surface area (Å²) < 4.78 is 4.92. The van der Waals surface area contributed by atoms with Gasteiger partial charge in [-0.05, 0) is 83.8 Å². The van der Waals surface area contributed by atoms with E-state index in [1.807, 2.05) is 12.1 Å². The summed E-state index contributed by atoms with van der Waals surface area (Å²) >= 11 is 0. The average Bonchev–Trinajstić information content (AvgIpc) is 3.80. The van der Waals surface area contributed by atoms with Gasteiger partial charge >= 0.3 is 0 Å². The molecule has 1 aliphatic carbocycles. The number of nitrogens with one attached hydrogen (secondary N) is 1. The molecule has 2 heterocycles. The maximum Gasteiger partial charge on any atom is 0.145 e. The van der Waals surface area contributed by atoms with Gasteiger partial charge < -0.3 is 14.5 Å². The minimum Gasteiger partial charge on any atom is -0.345 e. The van der Waals surface area contributed by atoms with E-state index in [0.29, 0.717) is 6.54 Å². The fourth-order valence-corrected chi connectivity index (χ4v) is 8.55. The smallest absolute Gasteiger partial charge is 0.145 e. The summed E-state index contributed by atoms with van der Waals surface area (Å²) in [6, 6.07) is 62.3. The Morgan fingerprint density at radius 3 is 1.98 bits per heavy atom. The van der Waals surface area contributed by atoms with Crippen molar-refractivity contribution in [3.8, 4) is 22.5 Å². The zero-order valence-corrected chi connectivity index (χ0v) is 31.6. The van der Waals surface area contributed by atoms with Gasteiger partial charge in [0.25, 0.3) is 0 Å². The first kappa shape index (κ1) is 34.3. The number of para-hydroxylation sites is 3. The lowest BCUT2D eigenvalue weighted by Gasteiger charge is -2.23. The summed E-state index contributed by atoms with van der Waals surface area (Å²) in [6.45, 7) is 4.59. The summed E-state index contributed by atoms with van der Waals surface area (Å²) in [5.41, 5.74) is 13.6. The largest absolute Gasteiger partial charge is 0.345 e. The Morgan fingerprint density at radius 1 is 0.614 bits per heavy atom. The molecule has 0 spiro atoms. The van der Waals surface area contributed by atoms with E-state index in [1.165, 1.54) is 38.5 Å². The number of benzene rings is 7. The molecule has 0 radical (unpaired) electrons. The molecule has 10 rings (SSSR count). The molecule has 1 unspecified atom stereocenters. The molecule has 1 N–H and O–H groups in total. The van der Waals surface area contributed by atoms with Crippen LogP contribution in [0.1, 0.15) is 40.5 Å². The molecule has 0 amide bonds. The molecule has 274 valence electrons.